The maximum absolute atomic E-state index is 13.0. The standard InChI is InChI=1S/C25H37N3O3/c1-16(24(31)28-14-6-7-15-28)18-9-11-25(3)12-10-19(17(2)21(25)22(18)29)27-23(30)20-8-4-5-13-26-20/h4-5,8,13,16-19,21-22,29H,6-7,9-12,14-15H2,1-3H3,(H,27,30)/t16-,17+,18-,19-,21+,22-,25-/m0/s1. The average molecular weight is 428 g/mol. The van der Waals surface area contributed by atoms with E-state index in [1.54, 1.807) is 18.3 Å². The minimum absolute atomic E-state index is 0.00516. The van der Waals surface area contributed by atoms with Gasteiger partial charge in [0.05, 0.1) is 6.10 Å². The number of likely N-dealkylation sites (tertiary alicyclic amines) is 1. The molecule has 0 aromatic carbocycles. The number of aromatic nitrogens is 1. The van der Waals surface area contributed by atoms with Crippen LogP contribution in [0.5, 0.6) is 0 Å². The molecular weight excluding hydrogens is 390 g/mol. The van der Waals surface area contributed by atoms with Crippen molar-refractivity contribution in [1.82, 2.24) is 15.2 Å². The van der Waals surface area contributed by atoms with Crippen molar-refractivity contribution in [2.24, 2.45) is 29.1 Å². The number of fused-ring (bicyclic) bond motifs is 1. The van der Waals surface area contributed by atoms with Crippen LogP contribution in [0.15, 0.2) is 24.4 Å². The Labute approximate surface area is 185 Å². The summed E-state index contributed by atoms with van der Waals surface area (Å²) in [7, 11) is 0. The Balaban J connectivity index is 1.48. The van der Waals surface area contributed by atoms with Crippen molar-refractivity contribution in [2.75, 3.05) is 13.1 Å². The van der Waals surface area contributed by atoms with Gasteiger partial charge in [0.25, 0.3) is 5.91 Å². The summed E-state index contributed by atoms with van der Waals surface area (Å²) in [6.07, 6.45) is 7.09. The highest BCUT2D eigenvalue weighted by Crippen LogP contribution is 2.55. The molecule has 2 amide bonds. The fourth-order valence-corrected chi connectivity index (χ4v) is 6.65. The number of nitrogens with zero attached hydrogens (tertiary/aromatic N) is 2. The molecule has 4 rings (SSSR count). The highest BCUT2D eigenvalue weighted by Gasteiger charge is 2.54. The fraction of sp³-hybridized carbons (Fsp3) is 0.720. The Hall–Kier alpha value is -1.95. The molecule has 0 spiro atoms. The normalized spacial score (nSPS) is 36.5. The molecule has 170 valence electrons. The molecule has 0 unspecified atom stereocenters. The molecule has 2 heterocycles. The van der Waals surface area contributed by atoms with E-state index >= 15 is 0 Å². The third-order valence-corrected chi connectivity index (χ3v) is 8.55. The summed E-state index contributed by atoms with van der Waals surface area (Å²) in [5.74, 6) is 0.0856. The maximum atomic E-state index is 13.0. The van der Waals surface area contributed by atoms with Gasteiger partial charge in [0, 0.05) is 31.2 Å². The van der Waals surface area contributed by atoms with Crippen molar-refractivity contribution in [3.05, 3.63) is 30.1 Å². The maximum Gasteiger partial charge on any atom is 0.270 e. The molecule has 1 aliphatic heterocycles. The molecule has 2 aliphatic carbocycles. The van der Waals surface area contributed by atoms with Gasteiger partial charge < -0.3 is 15.3 Å². The second kappa shape index (κ2) is 8.89. The van der Waals surface area contributed by atoms with Gasteiger partial charge >= 0.3 is 0 Å². The van der Waals surface area contributed by atoms with Crippen LogP contribution < -0.4 is 5.32 Å². The van der Waals surface area contributed by atoms with Gasteiger partial charge in [-0.25, -0.2) is 0 Å². The first-order chi connectivity index (χ1) is 14.8. The van der Waals surface area contributed by atoms with E-state index in [0.29, 0.717) is 5.69 Å². The largest absolute Gasteiger partial charge is 0.392 e. The van der Waals surface area contributed by atoms with Gasteiger partial charge in [0.15, 0.2) is 0 Å². The van der Waals surface area contributed by atoms with Crippen LogP contribution in [0.4, 0.5) is 0 Å². The summed E-state index contributed by atoms with van der Waals surface area (Å²) in [6.45, 7) is 8.16. The van der Waals surface area contributed by atoms with Crippen LogP contribution in [0.25, 0.3) is 0 Å². The fourth-order valence-electron chi connectivity index (χ4n) is 6.65. The molecule has 6 nitrogen and oxygen atoms in total. The SMILES string of the molecule is C[C@H]1[C@@H]2[C@@H](O)[C@H]([C@H](C)C(=O)N3CCCC3)CC[C@@]2(C)CC[C@@H]1NC(=O)c1ccccn1. The van der Waals surface area contributed by atoms with Gasteiger partial charge in [-0.2, -0.15) is 0 Å². The zero-order valence-electron chi connectivity index (χ0n) is 19.1. The number of aliphatic hydroxyl groups is 1. The second-order valence-corrected chi connectivity index (χ2v) is 10.4. The van der Waals surface area contributed by atoms with E-state index in [-0.39, 0.29) is 46.9 Å². The topological polar surface area (TPSA) is 82.5 Å². The third-order valence-electron chi connectivity index (χ3n) is 8.55. The van der Waals surface area contributed by atoms with Crippen molar-refractivity contribution in [1.29, 1.82) is 0 Å². The minimum atomic E-state index is -0.523. The van der Waals surface area contributed by atoms with Gasteiger partial charge in [-0.1, -0.05) is 26.8 Å². The number of pyridine rings is 1. The molecule has 31 heavy (non-hydrogen) atoms. The Morgan fingerprint density at radius 3 is 2.61 bits per heavy atom. The van der Waals surface area contributed by atoms with E-state index in [1.807, 2.05) is 17.9 Å². The summed E-state index contributed by atoms with van der Waals surface area (Å²) in [6, 6.07) is 5.35. The Bertz CT molecular complexity index is 794. The zero-order valence-corrected chi connectivity index (χ0v) is 19.1. The first kappa shape index (κ1) is 22.3. The lowest BCUT2D eigenvalue weighted by molar-refractivity contribution is -0.149. The Morgan fingerprint density at radius 2 is 1.94 bits per heavy atom. The zero-order chi connectivity index (χ0) is 22.2. The van der Waals surface area contributed by atoms with Crippen LogP contribution in [-0.4, -0.2) is 52.0 Å². The molecule has 6 heteroatoms. The van der Waals surface area contributed by atoms with Crippen molar-refractivity contribution in [3.8, 4) is 0 Å². The predicted molar refractivity (Wildman–Crippen MR) is 119 cm³/mol. The van der Waals surface area contributed by atoms with E-state index in [9.17, 15) is 14.7 Å². The average Bonchev–Trinajstić information content (AvgIpc) is 3.30. The van der Waals surface area contributed by atoms with Crippen LogP contribution in [0.3, 0.4) is 0 Å². The lowest BCUT2D eigenvalue weighted by atomic mass is 9.51. The van der Waals surface area contributed by atoms with Crippen molar-refractivity contribution in [3.63, 3.8) is 0 Å². The number of hydrogen-bond donors (Lipinski definition) is 2. The van der Waals surface area contributed by atoms with Crippen LogP contribution in [0.2, 0.25) is 0 Å². The van der Waals surface area contributed by atoms with Crippen molar-refractivity contribution < 1.29 is 14.7 Å². The molecular formula is C25H37N3O3. The molecule has 2 saturated carbocycles. The highest BCUT2D eigenvalue weighted by atomic mass is 16.3. The van der Waals surface area contributed by atoms with Crippen LogP contribution >= 0.6 is 0 Å². The van der Waals surface area contributed by atoms with E-state index in [4.69, 9.17) is 0 Å². The van der Waals surface area contributed by atoms with E-state index in [2.05, 4.69) is 24.1 Å². The number of amides is 2. The van der Waals surface area contributed by atoms with E-state index in [1.165, 1.54) is 0 Å². The third kappa shape index (κ3) is 4.23. The minimum Gasteiger partial charge on any atom is -0.392 e. The molecule has 7 atom stereocenters. The number of carbonyl (C=O) groups is 2. The summed E-state index contributed by atoms with van der Waals surface area (Å²) in [4.78, 5) is 31.9. The molecule has 0 radical (unpaired) electrons. The van der Waals surface area contributed by atoms with Crippen molar-refractivity contribution >= 4 is 11.8 Å². The molecule has 2 N–H and O–H groups in total. The lowest BCUT2D eigenvalue weighted by Gasteiger charge is -2.56. The van der Waals surface area contributed by atoms with Crippen LogP contribution in [-0.2, 0) is 4.79 Å². The molecule has 1 aromatic rings. The summed E-state index contributed by atoms with van der Waals surface area (Å²) in [5, 5.41) is 14.7. The first-order valence-electron chi connectivity index (χ1n) is 12.0. The van der Waals surface area contributed by atoms with Gasteiger partial charge in [0.2, 0.25) is 5.91 Å². The summed E-state index contributed by atoms with van der Waals surface area (Å²) in [5.41, 5.74) is 0.479. The smallest absolute Gasteiger partial charge is 0.270 e. The van der Waals surface area contributed by atoms with Crippen molar-refractivity contribution in [2.45, 2.75) is 71.4 Å². The number of nitrogens with one attached hydrogen (secondary N) is 1. The number of aliphatic hydroxyl groups excluding tert-OH is 1. The predicted octanol–water partition coefficient (Wildman–Crippen LogP) is 3.26. The van der Waals surface area contributed by atoms with Crippen LogP contribution in [0, 0.1) is 29.1 Å². The quantitative estimate of drug-likeness (QED) is 0.773. The number of carbonyl (C=O) groups excluding carboxylic acids is 2. The monoisotopic (exact) mass is 427 g/mol. The highest BCUT2D eigenvalue weighted by molar-refractivity contribution is 5.92. The van der Waals surface area contributed by atoms with E-state index in [0.717, 1.165) is 51.6 Å². The Kier molecular flexibility index (Phi) is 6.38. The van der Waals surface area contributed by atoms with Gasteiger partial charge in [-0.3, -0.25) is 14.6 Å². The Morgan fingerprint density at radius 1 is 1.23 bits per heavy atom. The van der Waals surface area contributed by atoms with E-state index < -0.39 is 6.10 Å². The van der Waals surface area contributed by atoms with Gasteiger partial charge in [-0.15, -0.1) is 0 Å². The summed E-state index contributed by atoms with van der Waals surface area (Å²) < 4.78 is 0. The van der Waals surface area contributed by atoms with Gasteiger partial charge in [-0.05, 0) is 73.8 Å². The molecule has 3 aliphatic rings. The first-order valence-corrected chi connectivity index (χ1v) is 12.0. The lowest BCUT2D eigenvalue weighted by Crippen LogP contribution is -2.58. The molecule has 3 fully saturated rings. The number of rotatable bonds is 4. The summed E-state index contributed by atoms with van der Waals surface area (Å²) >= 11 is 0. The van der Waals surface area contributed by atoms with Crippen LogP contribution in [0.1, 0.15) is 69.8 Å². The molecule has 1 aromatic heterocycles. The molecule has 1 saturated heterocycles. The number of hydrogen-bond acceptors (Lipinski definition) is 4. The molecule has 0 bridgehead atoms. The van der Waals surface area contributed by atoms with Gasteiger partial charge in [0.1, 0.15) is 5.69 Å². The second-order valence-electron chi connectivity index (χ2n) is 10.4.